The third-order valence-electron chi connectivity index (χ3n) is 4.26. The monoisotopic (exact) mass is 433 g/mol. The van der Waals surface area contributed by atoms with Gasteiger partial charge in [-0.15, -0.1) is 11.3 Å². The predicted molar refractivity (Wildman–Crippen MR) is 112 cm³/mol. The number of aromatic nitrogens is 3. The summed E-state index contributed by atoms with van der Waals surface area (Å²) in [7, 11) is 0. The molecule has 4 nitrogen and oxygen atoms in total. The van der Waals surface area contributed by atoms with E-state index in [1.165, 1.54) is 12.1 Å². The molecule has 150 valence electrons. The van der Waals surface area contributed by atoms with Crippen molar-refractivity contribution in [1.29, 1.82) is 0 Å². The highest BCUT2D eigenvalue weighted by Crippen LogP contribution is 2.43. The van der Waals surface area contributed by atoms with Gasteiger partial charge >= 0.3 is 5.92 Å². The molecule has 1 N–H and O–H groups in total. The number of nitrogens with zero attached hydrogens (tertiary/aromatic N) is 2. The topological polar surface area (TPSA) is 50.8 Å². The number of hydrogen-bond acceptors (Lipinski definition) is 4. The molecule has 2 heterocycles. The van der Waals surface area contributed by atoms with E-state index in [-0.39, 0.29) is 27.3 Å². The van der Waals surface area contributed by atoms with Gasteiger partial charge in [0, 0.05) is 10.4 Å². The normalized spacial score (nSPS) is 12.1. The van der Waals surface area contributed by atoms with Crippen molar-refractivity contribution in [2.75, 3.05) is 6.61 Å². The van der Waals surface area contributed by atoms with E-state index in [0.29, 0.717) is 18.1 Å². The van der Waals surface area contributed by atoms with Gasteiger partial charge in [-0.25, -0.2) is 9.97 Å². The molecule has 0 aliphatic heterocycles. The third-order valence-corrected chi connectivity index (χ3v) is 5.40. The fraction of sp³-hybridized carbons (Fsp3) is 0.238. The number of ether oxygens (including phenoxy) is 1. The minimum absolute atomic E-state index is 0.105. The fourth-order valence-electron chi connectivity index (χ4n) is 2.85. The summed E-state index contributed by atoms with van der Waals surface area (Å²) in [6, 6.07) is 11.7. The smallest absolute Gasteiger partial charge is 0.327 e. The second-order valence-electron chi connectivity index (χ2n) is 7.06. The maximum atomic E-state index is 15.4. The Balaban J connectivity index is 1.70. The first-order valence-electron chi connectivity index (χ1n) is 9.06. The molecule has 4 rings (SSSR count). The summed E-state index contributed by atoms with van der Waals surface area (Å²) >= 11 is 6.87. The molecule has 0 amide bonds. The molecule has 0 fully saturated rings. The summed E-state index contributed by atoms with van der Waals surface area (Å²) in [4.78, 5) is 11.7. The molecule has 8 heteroatoms. The lowest BCUT2D eigenvalue weighted by molar-refractivity contribution is 0.0388. The molecule has 2 aromatic carbocycles. The number of para-hydroxylation sites is 2. The number of imidazole rings is 1. The molecule has 29 heavy (non-hydrogen) atoms. The molecule has 0 bridgehead atoms. The lowest BCUT2D eigenvalue weighted by Gasteiger charge is -2.19. The van der Waals surface area contributed by atoms with E-state index < -0.39 is 5.92 Å². The van der Waals surface area contributed by atoms with Crippen molar-refractivity contribution in [2.45, 2.75) is 19.8 Å². The molecular formula is C21H18ClF2N3OS. The zero-order valence-electron chi connectivity index (χ0n) is 15.7. The highest BCUT2D eigenvalue weighted by atomic mass is 35.5. The maximum Gasteiger partial charge on any atom is 0.327 e. The van der Waals surface area contributed by atoms with Crippen LogP contribution in [-0.4, -0.2) is 21.6 Å². The van der Waals surface area contributed by atoms with E-state index in [0.717, 1.165) is 22.4 Å². The molecule has 0 saturated heterocycles. The number of thiazole rings is 1. The molecule has 0 radical (unpaired) electrons. The van der Waals surface area contributed by atoms with Crippen molar-refractivity contribution in [1.82, 2.24) is 15.0 Å². The van der Waals surface area contributed by atoms with E-state index in [1.54, 1.807) is 11.4 Å². The van der Waals surface area contributed by atoms with Gasteiger partial charge < -0.3 is 9.72 Å². The molecule has 0 aliphatic rings. The number of rotatable bonds is 6. The minimum Gasteiger partial charge on any atom is -0.493 e. The molecule has 2 aromatic heterocycles. The van der Waals surface area contributed by atoms with Crippen LogP contribution in [0, 0.1) is 5.92 Å². The summed E-state index contributed by atoms with van der Waals surface area (Å²) in [6.45, 7) is 4.23. The number of fused-ring (bicyclic) bond motifs is 1. The Kier molecular flexibility index (Phi) is 5.27. The van der Waals surface area contributed by atoms with Crippen LogP contribution in [0.1, 0.15) is 24.4 Å². The van der Waals surface area contributed by atoms with Crippen molar-refractivity contribution >= 4 is 34.0 Å². The lowest BCUT2D eigenvalue weighted by atomic mass is 10.1. The number of benzene rings is 2. The zero-order valence-corrected chi connectivity index (χ0v) is 17.3. The van der Waals surface area contributed by atoms with Gasteiger partial charge in [0.15, 0.2) is 10.8 Å². The van der Waals surface area contributed by atoms with Crippen LogP contribution >= 0.6 is 22.9 Å². The van der Waals surface area contributed by atoms with Crippen molar-refractivity contribution in [2.24, 2.45) is 5.92 Å². The highest BCUT2D eigenvalue weighted by Gasteiger charge is 2.40. The molecule has 0 saturated carbocycles. The predicted octanol–water partition coefficient (Wildman–Crippen LogP) is 6.51. The van der Waals surface area contributed by atoms with Gasteiger partial charge in [-0.3, -0.25) is 0 Å². The molecule has 0 atom stereocenters. The Labute approximate surface area is 175 Å². The van der Waals surface area contributed by atoms with Crippen LogP contribution < -0.4 is 4.74 Å². The zero-order chi connectivity index (χ0) is 20.6. The van der Waals surface area contributed by atoms with E-state index in [1.807, 2.05) is 38.1 Å². The molecule has 0 spiro atoms. The van der Waals surface area contributed by atoms with Gasteiger partial charge in [0.1, 0.15) is 11.4 Å². The van der Waals surface area contributed by atoms with Crippen LogP contribution in [0.3, 0.4) is 0 Å². The number of aromatic amines is 1. The van der Waals surface area contributed by atoms with E-state index >= 15 is 8.78 Å². The minimum atomic E-state index is -3.36. The first-order chi connectivity index (χ1) is 13.8. The first kappa shape index (κ1) is 19.8. The largest absolute Gasteiger partial charge is 0.493 e. The van der Waals surface area contributed by atoms with Gasteiger partial charge in [-0.05, 0) is 36.2 Å². The van der Waals surface area contributed by atoms with Gasteiger partial charge in [0.05, 0.1) is 23.2 Å². The highest BCUT2D eigenvalue weighted by molar-refractivity contribution is 7.10. The summed E-state index contributed by atoms with van der Waals surface area (Å²) < 4.78 is 36.3. The van der Waals surface area contributed by atoms with Crippen LogP contribution in [0.2, 0.25) is 5.02 Å². The fourth-order valence-corrected chi connectivity index (χ4v) is 3.81. The van der Waals surface area contributed by atoms with Crippen molar-refractivity contribution in [3.8, 4) is 17.3 Å². The van der Waals surface area contributed by atoms with E-state index in [4.69, 9.17) is 16.3 Å². The van der Waals surface area contributed by atoms with Crippen LogP contribution in [0.4, 0.5) is 8.78 Å². The number of hydrogen-bond donors (Lipinski definition) is 1. The van der Waals surface area contributed by atoms with Crippen molar-refractivity contribution < 1.29 is 13.5 Å². The molecule has 0 unspecified atom stereocenters. The summed E-state index contributed by atoms with van der Waals surface area (Å²) in [5.74, 6) is -2.60. The Morgan fingerprint density at radius 2 is 1.97 bits per heavy atom. The molecular weight excluding hydrogens is 416 g/mol. The molecule has 0 aliphatic carbocycles. The first-order valence-corrected chi connectivity index (χ1v) is 10.3. The Hall–Kier alpha value is -2.51. The van der Waals surface area contributed by atoms with Gasteiger partial charge in [0.2, 0.25) is 0 Å². The molecule has 4 aromatic rings. The van der Waals surface area contributed by atoms with E-state index in [2.05, 4.69) is 15.0 Å². The van der Waals surface area contributed by atoms with Crippen molar-refractivity contribution in [3.05, 3.63) is 63.4 Å². The van der Waals surface area contributed by atoms with Crippen LogP contribution in [0.25, 0.3) is 22.6 Å². The summed E-state index contributed by atoms with van der Waals surface area (Å²) in [5, 5.41) is 1.44. The van der Waals surface area contributed by atoms with Gasteiger partial charge in [-0.1, -0.05) is 37.6 Å². The lowest BCUT2D eigenvalue weighted by Crippen LogP contribution is -2.18. The second kappa shape index (κ2) is 7.72. The average Bonchev–Trinajstić information content (AvgIpc) is 3.34. The number of halogens is 3. The van der Waals surface area contributed by atoms with Gasteiger partial charge in [0.25, 0.3) is 0 Å². The summed E-state index contributed by atoms with van der Waals surface area (Å²) in [6.07, 6.45) is 0. The Morgan fingerprint density at radius 1 is 1.17 bits per heavy atom. The van der Waals surface area contributed by atoms with Crippen LogP contribution in [0.5, 0.6) is 5.75 Å². The average molecular weight is 434 g/mol. The number of nitrogens with one attached hydrogen (secondary N) is 1. The quantitative estimate of drug-likeness (QED) is 0.377. The third kappa shape index (κ3) is 3.97. The summed E-state index contributed by atoms with van der Waals surface area (Å²) in [5.41, 5.74) is 1.65. The SMILES string of the molecule is CC(C)COc1ccc(Cl)cc1C(F)(F)c1nc(-c2nc3ccccc3[nH]2)cs1. The Morgan fingerprint density at radius 3 is 2.72 bits per heavy atom. The van der Waals surface area contributed by atoms with Gasteiger partial charge in [-0.2, -0.15) is 8.78 Å². The number of H-pyrrole nitrogens is 1. The standard InChI is InChI=1S/C21H18ClF2N3OS/c1-12(2)10-28-18-8-7-13(22)9-14(18)21(23,24)20-27-17(11-29-20)19-25-15-5-3-4-6-16(15)26-19/h3-9,11-12H,10H2,1-2H3,(H,25,26). The van der Waals surface area contributed by atoms with Crippen molar-refractivity contribution in [3.63, 3.8) is 0 Å². The van der Waals surface area contributed by atoms with E-state index in [9.17, 15) is 0 Å². The van der Waals surface area contributed by atoms with Crippen LogP contribution in [-0.2, 0) is 5.92 Å². The number of alkyl halides is 2. The second-order valence-corrected chi connectivity index (χ2v) is 8.35. The maximum absolute atomic E-state index is 15.4. The Bertz CT molecular complexity index is 1120. The van der Waals surface area contributed by atoms with Crippen LogP contribution in [0.15, 0.2) is 47.8 Å².